The van der Waals surface area contributed by atoms with E-state index in [4.69, 9.17) is 0 Å². The van der Waals surface area contributed by atoms with Crippen LogP contribution in [0.3, 0.4) is 0 Å². The number of nitrogens with zero attached hydrogens (tertiary/aromatic N) is 2. The number of hydrogen-bond donors (Lipinski definition) is 0. The Morgan fingerprint density at radius 2 is 2.25 bits per heavy atom. The van der Waals surface area contributed by atoms with Crippen LogP contribution in [0.4, 0.5) is 0 Å². The van der Waals surface area contributed by atoms with Gasteiger partial charge in [0.05, 0.1) is 0 Å². The lowest BCUT2D eigenvalue weighted by Gasteiger charge is -1.93. The summed E-state index contributed by atoms with van der Waals surface area (Å²) in [7, 11) is 1.93. The van der Waals surface area contributed by atoms with Crippen molar-refractivity contribution in [2.24, 2.45) is 7.05 Å². The first-order chi connectivity index (χ1) is 5.68. The van der Waals surface area contributed by atoms with Crippen LogP contribution in [0.5, 0.6) is 0 Å². The molecule has 0 spiro atoms. The van der Waals surface area contributed by atoms with Crippen molar-refractivity contribution in [1.29, 1.82) is 0 Å². The molecule has 0 aliphatic carbocycles. The van der Waals surface area contributed by atoms with Crippen LogP contribution in [0.25, 0.3) is 10.9 Å². The predicted octanol–water partition coefficient (Wildman–Crippen LogP) is 2.94. The molecule has 2 nitrogen and oxygen atoms in total. The Hall–Kier alpha value is -0.100. The van der Waals surface area contributed by atoms with Gasteiger partial charge in [-0.2, -0.15) is 5.10 Å². The number of aryl methyl sites for hydroxylation is 1. The molecular formula is C8H6BrIN2. The molecule has 0 saturated heterocycles. The Balaban J connectivity index is 2.93. The maximum Gasteiger partial charge on any atom is 0.107 e. The summed E-state index contributed by atoms with van der Waals surface area (Å²) in [6, 6.07) is 4.10. The summed E-state index contributed by atoms with van der Waals surface area (Å²) in [5.74, 6) is 0. The zero-order valence-electron chi connectivity index (χ0n) is 6.38. The summed E-state index contributed by atoms with van der Waals surface area (Å²) >= 11 is 5.78. The zero-order valence-corrected chi connectivity index (χ0v) is 10.1. The molecule has 1 heterocycles. The molecule has 1 aromatic heterocycles. The molecule has 62 valence electrons. The van der Waals surface area contributed by atoms with Gasteiger partial charge in [-0.3, -0.25) is 4.68 Å². The van der Waals surface area contributed by atoms with E-state index in [1.54, 1.807) is 0 Å². The van der Waals surface area contributed by atoms with Crippen LogP contribution < -0.4 is 0 Å². The number of benzene rings is 1. The molecule has 0 fully saturated rings. The van der Waals surface area contributed by atoms with Crippen LogP contribution >= 0.6 is 38.5 Å². The summed E-state index contributed by atoms with van der Waals surface area (Å²) in [5.41, 5.74) is 1.06. The van der Waals surface area contributed by atoms with Crippen LogP contribution in [0, 0.1) is 3.57 Å². The van der Waals surface area contributed by atoms with Crippen LogP contribution in [-0.2, 0) is 7.05 Å². The van der Waals surface area contributed by atoms with Crippen LogP contribution in [0.1, 0.15) is 0 Å². The van der Waals surface area contributed by atoms with E-state index in [0.717, 1.165) is 9.99 Å². The van der Waals surface area contributed by atoms with E-state index >= 15 is 0 Å². The van der Waals surface area contributed by atoms with E-state index in [1.807, 2.05) is 24.0 Å². The highest BCUT2D eigenvalue weighted by Crippen LogP contribution is 2.26. The van der Waals surface area contributed by atoms with Gasteiger partial charge < -0.3 is 0 Å². The number of hydrogen-bond acceptors (Lipinski definition) is 1. The van der Waals surface area contributed by atoms with Gasteiger partial charge in [0, 0.05) is 26.7 Å². The molecule has 0 aliphatic heterocycles. The Labute approximate surface area is 92.2 Å². The minimum absolute atomic E-state index is 1.06. The Morgan fingerprint density at radius 3 is 2.92 bits per heavy atom. The molecule has 0 saturated carbocycles. The minimum Gasteiger partial charge on any atom is -0.275 e. The van der Waals surface area contributed by atoms with Gasteiger partial charge in [-0.25, -0.2) is 0 Å². The van der Waals surface area contributed by atoms with Crippen molar-refractivity contribution >= 4 is 49.4 Å². The van der Waals surface area contributed by atoms with Crippen molar-refractivity contribution in [3.63, 3.8) is 0 Å². The fraction of sp³-hybridized carbons (Fsp3) is 0.125. The quantitative estimate of drug-likeness (QED) is 0.676. The van der Waals surface area contributed by atoms with Gasteiger partial charge in [-0.05, 0) is 34.7 Å². The van der Waals surface area contributed by atoms with Gasteiger partial charge in [-0.15, -0.1) is 0 Å². The summed E-state index contributed by atoms with van der Waals surface area (Å²) in [6.07, 6.45) is 2.02. The minimum atomic E-state index is 1.06. The fourth-order valence-corrected chi connectivity index (χ4v) is 2.16. The molecule has 0 N–H and O–H groups in total. The van der Waals surface area contributed by atoms with Crippen molar-refractivity contribution in [3.05, 3.63) is 26.4 Å². The molecule has 0 amide bonds. The molecule has 2 rings (SSSR count). The second-order valence-electron chi connectivity index (χ2n) is 2.59. The molecule has 1 aromatic carbocycles. The van der Waals surface area contributed by atoms with E-state index in [-0.39, 0.29) is 0 Å². The average molecular weight is 337 g/mol. The molecule has 12 heavy (non-hydrogen) atoms. The molecular weight excluding hydrogens is 331 g/mol. The first-order valence-electron chi connectivity index (χ1n) is 3.46. The van der Waals surface area contributed by atoms with Gasteiger partial charge in [0.1, 0.15) is 5.52 Å². The first-order valence-corrected chi connectivity index (χ1v) is 5.33. The van der Waals surface area contributed by atoms with Crippen LogP contribution in [0.2, 0.25) is 0 Å². The Bertz CT molecular complexity index is 397. The normalized spacial score (nSPS) is 10.9. The summed E-state index contributed by atoms with van der Waals surface area (Å²) < 4.78 is 4.12. The Kier molecular flexibility index (Phi) is 2.12. The highest BCUT2D eigenvalue weighted by Gasteiger charge is 2.05. The third kappa shape index (κ3) is 1.26. The lowest BCUT2D eigenvalue weighted by Crippen LogP contribution is -1.85. The van der Waals surface area contributed by atoms with E-state index in [9.17, 15) is 0 Å². The monoisotopic (exact) mass is 336 g/mol. The van der Waals surface area contributed by atoms with Gasteiger partial charge in [0.2, 0.25) is 0 Å². The molecule has 0 atom stereocenters. The van der Waals surface area contributed by atoms with E-state index < -0.39 is 0 Å². The standard InChI is InChI=1S/C8H6BrIN2/c1-12-4-5-6(9)2-3-7(10)8(5)11-12/h2-4H,1H3. The highest BCUT2D eigenvalue weighted by molar-refractivity contribution is 14.1. The van der Waals surface area contributed by atoms with Gasteiger partial charge in [0.25, 0.3) is 0 Å². The first kappa shape index (κ1) is 8.50. The third-order valence-electron chi connectivity index (χ3n) is 1.69. The van der Waals surface area contributed by atoms with Crippen molar-refractivity contribution < 1.29 is 0 Å². The lowest BCUT2D eigenvalue weighted by atomic mass is 10.3. The summed E-state index contributed by atoms with van der Waals surface area (Å²) in [6.45, 7) is 0. The second-order valence-corrected chi connectivity index (χ2v) is 4.61. The van der Waals surface area contributed by atoms with Gasteiger partial charge in [0.15, 0.2) is 0 Å². The van der Waals surface area contributed by atoms with Crippen molar-refractivity contribution in [3.8, 4) is 0 Å². The van der Waals surface area contributed by atoms with Crippen molar-refractivity contribution in [1.82, 2.24) is 9.78 Å². The molecule has 0 radical (unpaired) electrons. The SMILES string of the molecule is Cn1cc2c(Br)ccc(I)c2n1. The van der Waals surface area contributed by atoms with Gasteiger partial charge >= 0.3 is 0 Å². The molecule has 4 heteroatoms. The van der Waals surface area contributed by atoms with Crippen LogP contribution in [0.15, 0.2) is 22.8 Å². The predicted molar refractivity (Wildman–Crippen MR) is 61.1 cm³/mol. The molecule has 0 bridgehead atoms. The van der Waals surface area contributed by atoms with E-state index in [2.05, 4.69) is 49.7 Å². The molecule has 0 unspecified atom stereocenters. The fourth-order valence-electron chi connectivity index (χ4n) is 1.15. The average Bonchev–Trinajstić information content (AvgIpc) is 2.41. The zero-order chi connectivity index (χ0) is 8.72. The Morgan fingerprint density at radius 1 is 1.50 bits per heavy atom. The lowest BCUT2D eigenvalue weighted by molar-refractivity contribution is 0.779. The van der Waals surface area contributed by atoms with Crippen molar-refractivity contribution in [2.45, 2.75) is 0 Å². The number of fused-ring (bicyclic) bond motifs is 1. The van der Waals surface area contributed by atoms with Gasteiger partial charge in [-0.1, -0.05) is 15.9 Å². The number of aromatic nitrogens is 2. The molecule has 0 aliphatic rings. The summed E-state index contributed by atoms with van der Waals surface area (Å²) in [4.78, 5) is 0. The summed E-state index contributed by atoms with van der Waals surface area (Å²) in [5, 5.41) is 5.52. The van der Waals surface area contributed by atoms with E-state index in [0.29, 0.717) is 0 Å². The maximum absolute atomic E-state index is 4.35. The third-order valence-corrected chi connectivity index (χ3v) is 3.25. The number of rotatable bonds is 0. The topological polar surface area (TPSA) is 17.8 Å². The maximum atomic E-state index is 4.35. The smallest absolute Gasteiger partial charge is 0.107 e. The largest absolute Gasteiger partial charge is 0.275 e. The second kappa shape index (κ2) is 2.99. The number of halogens is 2. The molecule has 2 aromatic rings. The van der Waals surface area contributed by atoms with E-state index in [1.165, 1.54) is 8.96 Å². The van der Waals surface area contributed by atoms with Crippen LogP contribution in [-0.4, -0.2) is 9.78 Å². The van der Waals surface area contributed by atoms with Crippen molar-refractivity contribution in [2.75, 3.05) is 0 Å². The highest BCUT2D eigenvalue weighted by atomic mass is 127.